The first-order valence-electron chi connectivity index (χ1n) is 7.08. The van der Waals surface area contributed by atoms with E-state index in [4.69, 9.17) is 0 Å². The molecule has 0 heterocycles. The molecular formula is C18H12F4O4. The first kappa shape index (κ1) is 19.2. The SMILES string of the molecule is C=CC(=O)Oc1ccc(-c2ccc(OC(O)C=C)c(F)c2F)c(F)c1F. The zero-order valence-corrected chi connectivity index (χ0v) is 13.1. The fourth-order valence-electron chi connectivity index (χ4n) is 1.98. The number of ether oxygens (including phenoxy) is 2. The summed E-state index contributed by atoms with van der Waals surface area (Å²) in [6, 6.07) is 3.68. The largest absolute Gasteiger partial charge is 0.458 e. The van der Waals surface area contributed by atoms with Crippen LogP contribution in [0.3, 0.4) is 0 Å². The lowest BCUT2D eigenvalue weighted by atomic mass is 10.0. The molecule has 1 N–H and O–H groups in total. The highest BCUT2D eigenvalue weighted by Crippen LogP contribution is 2.34. The van der Waals surface area contributed by atoms with Gasteiger partial charge in [0.05, 0.1) is 0 Å². The second kappa shape index (κ2) is 7.83. The molecule has 2 rings (SSSR count). The Morgan fingerprint density at radius 3 is 1.92 bits per heavy atom. The molecule has 0 amide bonds. The van der Waals surface area contributed by atoms with Crippen molar-refractivity contribution in [3.05, 3.63) is 72.8 Å². The summed E-state index contributed by atoms with van der Waals surface area (Å²) in [5.74, 6) is -8.52. The average molecular weight is 368 g/mol. The van der Waals surface area contributed by atoms with E-state index in [2.05, 4.69) is 22.6 Å². The standard InChI is InChI=1S/C18H12F4O4/c1-3-13(23)25-11-7-5-9(15(19)17(11)21)10-6-8-12(18(22)16(10)20)26-14(24)4-2/h3-8,13,23H,1-2H2. The number of carbonyl (C=O) groups is 1. The highest BCUT2D eigenvalue weighted by atomic mass is 19.2. The van der Waals surface area contributed by atoms with E-state index in [1.54, 1.807) is 0 Å². The van der Waals surface area contributed by atoms with Crippen molar-refractivity contribution in [2.75, 3.05) is 0 Å². The number of hydrogen-bond acceptors (Lipinski definition) is 4. The normalized spacial score (nSPS) is 11.6. The molecular weight excluding hydrogens is 356 g/mol. The fourth-order valence-corrected chi connectivity index (χ4v) is 1.98. The van der Waals surface area contributed by atoms with Crippen LogP contribution in [0.5, 0.6) is 11.5 Å². The first-order valence-corrected chi connectivity index (χ1v) is 7.08. The molecule has 0 aromatic heterocycles. The fraction of sp³-hybridized carbons (Fsp3) is 0.0556. The van der Waals surface area contributed by atoms with E-state index >= 15 is 0 Å². The second-order valence-electron chi connectivity index (χ2n) is 4.85. The molecule has 136 valence electrons. The Hall–Kier alpha value is -3.13. The molecule has 0 spiro atoms. The van der Waals surface area contributed by atoms with Crippen LogP contribution in [0.4, 0.5) is 17.6 Å². The Balaban J connectivity index is 2.47. The topological polar surface area (TPSA) is 55.8 Å². The van der Waals surface area contributed by atoms with Gasteiger partial charge in [-0.05, 0) is 30.3 Å². The number of aliphatic hydroxyl groups is 1. The number of hydrogen-bond donors (Lipinski definition) is 1. The zero-order chi connectivity index (χ0) is 19.4. The Morgan fingerprint density at radius 2 is 1.42 bits per heavy atom. The molecule has 2 aromatic rings. The van der Waals surface area contributed by atoms with Crippen molar-refractivity contribution in [2.24, 2.45) is 0 Å². The van der Waals surface area contributed by atoms with Gasteiger partial charge in [-0.15, -0.1) is 0 Å². The van der Waals surface area contributed by atoms with E-state index in [-0.39, 0.29) is 0 Å². The molecule has 26 heavy (non-hydrogen) atoms. The Kier molecular flexibility index (Phi) is 5.78. The molecule has 0 fully saturated rings. The summed E-state index contributed by atoms with van der Waals surface area (Å²) in [7, 11) is 0. The summed E-state index contributed by atoms with van der Waals surface area (Å²) in [6.45, 7) is 6.32. The Labute approximate surface area is 145 Å². The average Bonchev–Trinajstić information content (AvgIpc) is 2.63. The molecule has 0 aliphatic heterocycles. The zero-order valence-electron chi connectivity index (χ0n) is 13.1. The van der Waals surface area contributed by atoms with Crippen molar-refractivity contribution in [1.82, 2.24) is 0 Å². The van der Waals surface area contributed by atoms with Crippen LogP contribution < -0.4 is 9.47 Å². The Bertz CT molecular complexity index is 880. The highest BCUT2D eigenvalue weighted by molar-refractivity contribution is 5.83. The van der Waals surface area contributed by atoms with E-state index in [9.17, 15) is 27.5 Å². The molecule has 0 aliphatic rings. The van der Waals surface area contributed by atoms with E-state index < -0.39 is 58.2 Å². The maximum Gasteiger partial charge on any atom is 0.335 e. The van der Waals surface area contributed by atoms with Crippen molar-refractivity contribution in [3.8, 4) is 22.6 Å². The van der Waals surface area contributed by atoms with E-state index in [1.165, 1.54) is 0 Å². The molecule has 0 saturated carbocycles. The highest BCUT2D eigenvalue weighted by Gasteiger charge is 2.23. The quantitative estimate of drug-likeness (QED) is 0.210. The van der Waals surface area contributed by atoms with Gasteiger partial charge in [-0.25, -0.2) is 13.6 Å². The molecule has 0 saturated heterocycles. The van der Waals surface area contributed by atoms with Crippen LogP contribution >= 0.6 is 0 Å². The van der Waals surface area contributed by atoms with Crippen LogP contribution in [0.1, 0.15) is 0 Å². The van der Waals surface area contributed by atoms with Gasteiger partial charge < -0.3 is 14.6 Å². The molecule has 1 unspecified atom stereocenters. The molecule has 0 radical (unpaired) electrons. The number of esters is 1. The van der Waals surface area contributed by atoms with Crippen molar-refractivity contribution in [3.63, 3.8) is 0 Å². The Morgan fingerprint density at radius 1 is 0.923 bits per heavy atom. The number of aliphatic hydroxyl groups excluding tert-OH is 1. The third kappa shape index (κ3) is 3.75. The van der Waals surface area contributed by atoms with Gasteiger partial charge in [0, 0.05) is 17.2 Å². The number of benzene rings is 2. The van der Waals surface area contributed by atoms with Gasteiger partial charge in [-0.1, -0.05) is 13.2 Å². The van der Waals surface area contributed by atoms with Gasteiger partial charge >= 0.3 is 5.97 Å². The maximum atomic E-state index is 14.2. The number of rotatable bonds is 6. The molecule has 1 atom stereocenters. The van der Waals surface area contributed by atoms with E-state index in [0.29, 0.717) is 0 Å². The lowest BCUT2D eigenvalue weighted by Crippen LogP contribution is -2.13. The summed E-state index contributed by atoms with van der Waals surface area (Å²) in [5.41, 5.74) is -1.20. The smallest absolute Gasteiger partial charge is 0.335 e. The predicted molar refractivity (Wildman–Crippen MR) is 84.4 cm³/mol. The van der Waals surface area contributed by atoms with Crippen LogP contribution in [0.25, 0.3) is 11.1 Å². The molecule has 2 aromatic carbocycles. The van der Waals surface area contributed by atoms with Crippen molar-refractivity contribution in [2.45, 2.75) is 6.29 Å². The third-order valence-corrected chi connectivity index (χ3v) is 3.21. The van der Waals surface area contributed by atoms with E-state index in [1.807, 2.05) is 0 Å². The lowest BCUT2D eigenvalue weighted by molar-refractivity contribution is -0.129. The van der Waals surface area contributed by atoms with Gasteiger partial charge in [0.2, 0.25) is 17.9 Å². The van der Waals surface area contributed by atoms with Gasteiger partial charge in [-0.2, -0.15) is 8.78 Å². The maximum absolute atomic E-state index is 14.2. The van der Waals surface area contributed by atoms with Crippen LogP contribution in [-0.4, -0.2) is 17.4 Å². The first-order chi connectivity index (χ1) is 12.3. The summed E-state index contributed by atoms with van der Waals surface area (Å²) in [6.07, 6.45) is 0.100. The number of halogens is 4. The second-order valence-corrected chi connectivity index (χ2v) is 4.85. The van der Waals surface area contributed by atoms with Crippen molar-refractivity contribution < 1.29 is 36.9 Å². The van der Waals surface area contributed by atoms with Gasteiger partial charge in [0.15, 0.2) is 23.1 Å². The molecule has 0 bridgehead atoms. The van der Waals surface area contributed by atoms with Crippen LogP contribution in [-0.2, 0) is 4.79 Å². The van der Waals surface area contributed by atoms with Gasteiger partial charge in [0.25, 0.3) is 0 Å². The third-order valence-electron chi connectivity index (χ3n) is 3.21. The monoisotopic (exact) mass is 368 g/mol. The molecule has 8 heteroatoms. The summed E-state index contributed by atoms with van der Waals surface area (Å²) < 4.78 is 65.7. The van der Waals surface area contributed by atoms with Crippen LogP contribution in [0, 0.1) is 23.3 Å². The minimum atomic E-state index is -1.58. The minimum Gasteiger partial charge on any atom is -0.458 e. The lowest BCUT2D eigenvalue weighted by Gasteiger charge is -2.13. The van der Waals surface area contributed by atoms with Crippen molar-refractivity contribution >= 4 is 5.97 Å². The number of carbonyl (C=O) groups excluding carboxylic acids is 1. The van der Waals surface area contributed by atoms with Gasteiger partial charge in [0.1, 0.15) is 0 Å². The summed E-state index contributed by atoms with van der Waals surface area (Å²) >= 11 is 0. The van der Waals surface area contributed by atoms with Crippen LogP contribution in [0.2, 0.25) is 0 Å². The minimum absolute atomic E-state index is 0.596. The summed E-state index contributed by atoms with van der Waals surface area (Å²) in [4.78, 5) is 11.1. The molecule has 4 nitrogen and oxygen atoms in total. The van der Waals surface area contributed by atoms with Crippen molar-refractivity contribution in [1.29, 1.82) is 0 Å². The van der Waals surface area contributed by atoms with E-state index in [0.717, 1.165) is 36.4 Å². The van der Waals surface area contributed by atoms with Gasteiger partial charge in [-0.3, -0.25) is 0 Å². The van der Waals surface area contributed by atoms with Crippen LogP contribution in [0.15, 0.2) is 49.6 Å². The molecule has 0 aliphatic carbocycles. The predicted octanol–water partition coefficient (Wildman–Crippen LogP) is 3.88. The summed E-state index contributed by atoms with van der Waals surface area (Å²) in [5, 5.41) is 9.23.